The second-order valence-corrected chi connectivity index (χ2v) is 15.1. The maximum Gasteiger partial charge on any atom is 0.320 e. The molecule has 6 saturated carbocycles. The van der Waals surface area contributed by atoms with Gasteiger partial charge in [0.2, 0.25) is 0 Å². The summed E-state index contributed by atoms with van der Waals surface area (Å²) in [5.74, 6) is 2.11. The fraction of sp³-hybridized carbons (Fsp3) is 0.909. The van der Waals surface area contributed by atoms with E-state index in [1.165, 1.54) is 51.4 Å². The number of hydrogen-bond acceptors (Lipinski definition) is 6. The van der Waals surface area contributed by atoms with E-state index < -0.39 is 34.8 Å². The van der Waals surface area contributed by atoms with Crippen LogP contribution in [0.15, 0.2) is 0 Å². The lowest BCUT2D eigenvalue weighted by Gasteiger charge is -2.59. The van der Waals surface area contributed by atoms with E-state index in [1.54, 1.807) is 0 Å². The highest BCUT2D eigenvalue weighted by Gasteiger charge is 2.60. The third-order valence-electron chi connectivity index (χ3n) is 12.4. The Morgan fingerprint density at radius 2 is 1.51 bits per heavy atom. The first kappa shape index (κ1) is 29.1. The van der Waals surface area contributed by atoms with E-state index in [2.05, 4.69) is 13.8 Å². The van der Waals surface area contributed by atoms with Crippen LogP contribution in [0.5, 0.6) is 0 Å². The molecule has 2 aliphatic heterocycles. The molecule has 0 amide bonds. The van der Waals surface area contributed by atoms with E-state index >= 15 is 0 Å². The van der Waals surface area contributed by atoms with E-state index in [4.69, 9.17) is 14.2 Å². The number of carbonyl (C=O) groups is 3. The normalized spacial score (nSPS) is 49.2. The van der Waals surface area contributed by atoms with Gasteiger partial charge in [0.25, 0.3) is 0 Å². The van der Waals surface area contributed by atoms with Crippen LogP contribution >= 0.6 is 0 Å². The van der Waals surface area contributed by atoms with Crippen molar-refractivity contribution in [1.29, 1.82) is 0 Å². The minimum Gasteiger partial charge on any atom is -0.458 e. The zero-order valence-electron chi connectivity index (χ0n) is 22.9. The molecule has 39 heavy (non-hydrogen) atoms. The molecular formula is C33H52O6. The van der Waals surface area contributed by atoms with Crippen molar-refractivity contribution in [2.24, 2.45) is 64.6 Å². The first-order valence-corrected chi connectivity index (χ1v) is 15.2. The van der Waals surface area contributed by atoms with Crippen molar-refractivity contribution >= 4 is 17.9 Å². The van der Waals surface area contributed by atoms with Gasteiger partial charge in [0.15, 0.2) is 0 Å². The van der Waals surface area contributed by atoms with Gasteiger partial charge in [-0.2, -0.15) is 0 Å². The Bertz CT molecular complexity index is 972. The molecule has 0 aromatic carbocycles. The number of esters is 3. The molecule has 8 fully saturated rings. The second kappa shape index (κ2) is 9.84. The van der Waals surface area contributed by atoms with E-state index in [-0.39, 0.29) is 45.4 Å². The van der Waals surface area contributed by atoms with Gasteiger partial charge in [0.1, 0.15) is 5.60 Å². The summed E-state index contributed by atoms with van der Waals surface area (Å²) in [5.41, 5.74) is -1.30. The molecule has 6 aliphatic carbocycles. The predicted octanol–water partition coefficient (Wildman–Crippen LogP) is 6.59. The lowest BCUT2D eigenvalue weighted by molar-refractivity contribution is -0.212. The quantitative estimate of drug-likeness (QED) is 0.287. The summed E-state index contributed by atoms with van der Waals surface area (Å²) in [6.45, 7) is 8.07. The van der Waals surface area contributed by atoms with E-state index in [0.717, 1.165) is 24.2 Å². The van der Waals surface area contributed by atoms with Gasteiger partial charge in [-0.05, 0) is 132 Å². The molecule has 0 aromatic rings. The molecule has 220 valence electrons. The van der Waals surface area contributed by atoms with Gasteiger partial charge in [0, 0.05) is 0 Å². The van der Waals surface area contributed by atoms with Crippen LogP contribution in [-0.2, 0) is 28.6 Å². The van der Waals surface area contributed by atoms with Crippen molar-refractivity contribution in [3.63, 3.8) is 0 Å². The molecule has 8 rings (SSSR count). The van der Waals surface area contributed by atoms with Crippen molar-refractivity contribution in [3.05, 3.63) is 0 Å². The highest BCUT2D eigenvalue weighted by Crippen LogP contribution is 2.60. The van der Waals surface area contributed by atoms with Crippen molar-refractivity contribution < 1.29 is 28.6 Å². The Hall–Kier alpha value is -1.43. The third kappa shape index (κ3) is 4.41. The summed E-state index contributed by atoms with van der Waals surface area (Å²) in [4.78, 5) is 39.8. The molecule has 6 heteroatoms. The highest BCUT2D eigenvalue weighted by atomic mass is 16.6. The maximum absolute atomic E-state index is 13.7. The minimum absolute atomic E-state index is 0. The second-order valence-electron chi connectivity index (χ2n) is 15.1. The van der Waals surface area contributed by atoms with Gasteiger partial charge in [-0.1, -0.05) is 21.8 Å². The molecule has 0 aromatic heterocycles. The largest absolute Gasteiger partial charge is 0.458 e. The molecule has 2 heterocycles. The van der Waals surface area contributed by atoms with Crippen LogP contribution in [0.25, 0.3) is 0 Å². The fourth-order valence-corrected chi connectivity index (χ4v) is 10.6. The van der Waals surface area contributed by atoms with Crippen LogP contribution in [0, 0.1) is 64.6 Å². The topological polar surface area (TPSA) is 78.9 Å². The zero-order chi connectivity index (χ0) is 25.9. The summed E-state index contributed by atoms with van der Waals surface area (Å²) >= 11 is 0. The average Bonchev–Trinajstić information content (AvgIpc) is 3.51. The van der Waals surface area contributed by atoms with Crippen molar-refractivity contribution in [2.45, 2.75) is 125 Å². The van der Waals surface area contributed by atoms with Crippen LogP contribution in [0.4, 0.5) is 0 Å². The van der Waals surface area contributed by atoms with Crippen molar-refractivity contribution in [1.82, 2.24) is 0 Å². The molecule has 0 radical (unpaired) electrons. The summed E-state index contributed by atoms with van der Waals surface area (Å²) in [6, 6.07) is 0. The first-order chi connectivity index (χ1) is 17.5. The van der Waals surface area contributed by atoms with E-state index in [0.29, 0.717) is 23.7 Å². The standard InChI is InChI=1S/C31H44O6.2CH4/c1-15-7-22-18-5-6-19(13-18)26(22)35-25(15)24-23(27(32)36-28(24)33)14-30(2,3)29(34)37-31(4)20-9-16-8-17(11-20)12-21(31)10-16;;/h15-26H,5-14H2,1-4H3;2*1H4. The number of carbonyl (C=O) groups excluding carboxylic acids is 3. The summed E-state index contributed by atoms with van der Waals surface area (Å²) in [5, 5.41) is 0. The van der Waals surface area contributed by atoms with Gasteiger partial charge >= 0.3 is 17.9 Å². The average molecular weight is 545 g/mol. The zero-order valence-corrected chi connectivity index (χ0v) is 22.9. The molecule has 2 saturated heterocycles. The Morgan fingerprint density at radius 1 is 0.897 bits per heavy atom. The Labute approximate surface area is 235 Å². The SMILES string of the molecule is C.C.CC1CC2C3CCC(C3)C2OC1C1C(=O)OC(=O)C1CC(C)(C)C(=O)OC1(C)C2CC3CC(C2)CC1C3. The summed E-state index contributed by atoms with van der Waals surface area (Å²) in [6.07, 6.45) is 11.0. The Kier molecular flexibility index (Phi) is 7.34. The summed E-state index contributed by atoms with van der Waals surface area (Å²) in [7, 11) is 0. The monoisotopic (exact) mass is 544 g/mol. The maximum atomic E-state index is 13.7. The molecular weight excluding hydrogens is 492 g/mol. The Balaban J connectivity index is 0.00000154. The van der Waals surface area contributed by atoms with E-state index in [9.17, 15) is 14.4 Å². The Morgan fingerprint density at radius 3 is 2.15 bits per heavy atom. The van der Waals surface area contributed by atoms with Crippen LogP contribution < -0.4 is 0 Å². The van der Waals surface area contributed by atoms with Gasteiger partial charge < -0.3 is 14.2 Å². The number of ether oxygens (including phenoxy) is 3. The van der Waals surface area contributed by atoms with Gasteiger partial charge in [0.05, 0.1) is 29.5 Å². The van der Waals surface area contributed by atoms with Gasteiger partial charge in [-0.15, -0.1) is 0 Å². The van der Waals surface area contributed by atoms with E-state index in [1.807, 2.05) is 13.8 Å². The third-order valence-corrected chi connectivity index (χ3v) is 12.4. The molecule has 0 spiro atoms. The molecule has 8 unspecified atom stereocenters. The van der Waals surface area contributed by atoms with Crippen LogP contribution in [0.3, 0.4) is 0 Å². The minimum atomic E-state index is -0.892. The first-order valence-electron chi connectivity index (χ1n) is 15.2. The van der Waals surface area contributed by atoms with Crippen LogP contribution in [-0.4, -0.2) is 35.7 Å². The summed E-state index contributed by atoms with van der Waals surface area (Å²) < 4.78 is 18.4. The highest BCUT2D eigenvalue weighted by molar-refractivity contribution is 5.97. The number of cyclic esters (lactones) is 2. The van der Waals surface area contributed by atoms with Gasteiger partial charge in [-0.25, -0.2) is 0 Å². The molecule has 8 aliphatic rings. The molecule has 6 bridgehead atoms. The molecule has 0 N–H and O–H groups in total. The van der Waals surface area contributed by atoms with Crippen molar-refractivity contribution in [3.8, 4) is 0 Å². The smallest absolute Gasteiger partial charge is 0.320 e. The number of fused-ring (bicyclic) bond motifs is 5. The molecule has 6 nitrogen and oxygen atoms in total. The lowest BCUT2D eigenvalue weighted by Crippen LogP contribution is -2.58. The number of rotatable bonds is 5. The van der Waals surface area contributed by atoms with Crippen molar-refractivity contribution in [2.75, 3.05) is 0 Å². The van der Waals surface area contributed by atoms with Gasteiger partial charge in [-0.3, -0.25) is 14.4 Å². The van der Waals surface area contributed by atoms with Crippen LogP contribution in [0.1, 0.15) is 107 Å². The lowest BCUT2D eigenvalue weighted by atomic mass is 9.50. The van der Waals surface area contributed by atoms with Crippen LogP contribution in [0.2, 0.25) is 0 Å². The molecule has 8 atom stereocenters. The number of hydrogen-bond donors (Lipinski definition) is 0. The predicted molar refractivity (Wildman–Crippen MR) is 148 cm³/mol. The fourth-order valence-electron chi connectivity index (χ4n) is 10.6.